The van der Waals surface area contributed by atoms with Crippen LogP contribution in [0, 0.1) is 0 Å². The Labute approximate surface area is 236 Å². The highest BCUT2D eigenvalue weighted by atomic mass is 35.5. The molecule has 2 aliphatic rings. The Morgan fingerprint density at radius 1 is 0.949 bits per heavy atom. The molecule has 9 nitrogen and oxygen atoms in total. The molecular formula is C28H28Cl2N6O3. The van der Waals surface area contributed by atoms with Crippen LogP contribution in [0.5, 0.6) is 5.75 Å². The molecule has 2 atom stereocenters. The van der Waals surface area contributed by atoms with Gasteiger partial charge in [-0.2, -0.15) is 0 Å². The molecule has 0 spiro atoms. The molecule has 2 aromatic carbocycles. The van der Waals surface area contributed by atoms with Crippen LogP contribution in [0.2, 0.25) is 10.0 Å². The Kier molecular flexibility index (Phi) is 7.56. The van der Waals surface area contributed by atoms with Gasteiger partial charge in [0.1, 0.15) is 24.3 Å². The van der Waals surface area contributed by atoms with Crippen LogP contribution in [0.4, 0.5) is 11.5 Å². The van der Waals surface area contributed by atoms with Gasteiger partial charge in [-0.15, -0.1) is 0 Å². The Bertz CT molecular complexity index is 1370. The van der Waals surface area contributed by atoms with Gasteiger partial charge in [0.2, 0.25) is 5.79 Å². The first-order valence-corrected chi connectivity index (χ1v) is 13.6. The van der Waals surface area contributed by atoms with Crippen LogP contribution in [-0.4, -0.2) is 65.0 Å². The van der Waals surface area contributed by atoms with Crippen LogP contribution in [0.15, 0.2) is 79.8 Å². The lowest BCUT2D eigenvalue weighted by molar-refractivity contribution is -0.189. The number of hydrogen-bond donors (Lipinski definition) is 0. The third-order valence-electron chi connectivity index (χ3n) is 6.94. The summed E-state index contributed by atoms with van der Waals surface area (Å²) in [5.41, 5.74) is 1.88. The van der Waals surface area contributed by atoms with Crippen molar-refractivity contribution in [1.29, 1.82) is 0 Å². The quantitative estimate of drug-likeness (QED) is 0.305. The zero-order valence-corrected chi connectivity index (χ0v) is 22.7. The predicted molar refractivity (Wildman–Crippen MR) is 150 cm³/mol. The summed E-state index contributed by atoms with van der Waals surface area (Å²) in [5, 5.41) is 1.03. The molecule has 0 amide bonds. The second-order valence-electron chi connectivity index (χ2n) is 9.51. The highest BCUT2D eigenvalue weighted by Crippen LogP contribution is 2.40. The fourth-order valence-electron chi connectivity index (χ4n) is 4.97. The molecule has 4 heterocycles. The largest absolute Gasteiger partial charge is 0.491 e. The topological polar surface area (TPSA) is 77.8 Å². The van der Waals surface area contributed by atoms with E-state index in [2.05, 4.69) is 36.9 Å². The molecule has 0 bridgehead atoms. The fourth-order valence-corrected chi connectivity index (χ4v) is 5.52. The highest BCUT2D eigenvalue weighted by Gasteiger charge is 2.45. The van der Waals surface area contributed by atoms with Crippen molar-refractivity contribution in [3.8, 4) is 5.75 Å². The van der Waals surface area contributed by atoms with Crippen LogP contribution >= 0.6 is 23.2 Å². The summed E-state index contributed by atoms with van der Waals surface area (Å²) in [4.78, 5) is 17.4. The maximum absolute atomic E-state index is 6.56. The van der Waals surface area contributed by atoms with E-state index in [4.69, 9.17) is 37.4 Å². The molecular weight excluding hydrogens is 539 g/mol. The first kappa shape index (κ1) is 25.9. The Morgan fingerprint density at radius 2 is 1.77 bits per heavy atom. The highest BCUT2D eigenvalue weighted by molar-refractivity contribution is 6.35. The van der Waals surface area contributed by atoms with Crippen molar-refractivity contribution in [2.75, 3.05) is 49.2 Å². The third-order valence-corrected chi connectivity index (χ3v) is 7.49. The summed E-state index contributed by atoms with van der Waals surface area (Å²) < 4.78 is 20.7. The van der Waals surface area contributed by atoms with E-state index in [9.17, 15) is 0 Å². The first-order valence-electron chi connectivity index (χ1n) is 12.8. The van der Waals surface area contributed by atoms with Crippen molar-refractivity contribution in [3.63, 3.8) is 0 Å². The molecule has 2 unspecified atom stereocenters. The van der Waals surface area contributed by atoms with E-state index in [1.54, 1.807) is 37.1 Å². The number of nitrogens with zero attached hydrogens (tertiary/aromatic N) is 6. The summed E-state index contributed by atoms with van der Waals surface area (Å²) in [6, 6.07) is 13.5. The van der Waals surface area contributed by atoms with Crippen molar-refractivity contribution < 1.29 is 14.2 Å². The summed E-state index contributed by atoms with van der Waals surface area (Å²) in [5.74, 6) is 0.622. The molecule has 2 aliphatic heterocycles. The summed E-state index contributed by atoms with van der Waals surface area (Å²) >= 11 is 12.7. The van der Waals surface area contributed by atoms with E-state index < -0.39 is 5.79 Å². The van der Waals surface area contributed by atoms with Gasteiger partial charge in [-0.1, -0.05) is 29.3 Å². The average Bonchev–Trinajstić information content (AvgIpc) is 3.63. The molecule has 2 saturated heterocycles. The maximum atomic E-state index is 6.56. The Morgan fingerprint density at radius 3 is 2.49 bits per heavy atom. The van der Waals surface area contributed by atoms with Gasteiger partial charge >= 0.3 is 0 Å². The van der Waals surface area contributed by atoms with E-state index in [1.165, 1.54) is 5.69 Å². The number of halogens is 2. The first-order chi connectivity index (χ1) is 19.1. The minimum Gasteiger partial charge on any atom is -0.491 e. The predicted octanol–water partition coefficient (Wildman–Crippen LogP) is 4.65. The van der Waals surface area contributed by atoms with E-state index in [1.807, 2.05) is 35.2 Å². The number of anilines is 2. The number of benzene rings is 2. The number of imidazole rings is 1. The van der Waals surface area contributed by atoms with E-state index >= 15 is 0 Å². The molecule has 39 heavy (non-hydrogen) atoms. The minimum absolute atomic E-state index is 0.283. The number of piperazine rings is 1. The van der Waals surface area contributed by atoms with Crippen molar-refractivity contribution in [3.05, 3.63) is 95.4 Å². The monoisotopic (exact) mass is 566 g/mol. The number of aromatic nitrogens is 4. The van der Waals surface area contributed by atoms with Crippen molar-refractivity contribution in [2.24, 2.45) is 0 Å². The van der Waals surface area contributed by atoms with E-state index in [0.717, 1.165) is 37.7 Å². The van der Waals surface area contributed by atoms with Gasteiger partial charge in [-0.3, -0.25) is 4.98 Å². The third kappa shape index (κ3) is 5.81. The Balaban J connectivity index is 1.06. The molecule has 4 aromatic rings. The van der Waals surface area contributed by atoms with Crippen LogP contribution < -0.4 is 14.5 Å². The molecule has 0 N–H and O–H groups in total. The van der Waals surface area contributed by atoms with Crippen LogP contribution in [0.3, 0.4) is 0 Å². The van der Waals surface area contributed by atoms with Gasteiger partial charge in [-0.25, -0.2) is 9.97 Å². The molecule has 11 heteroatoms. The number of hydrogen-bond acceptors (Lipinski definition) is 8. The Hall–Kier alpha value is -3.37. The molecule has 2 fully saturated rings. The van der Waals surface area contributed by atoms with Crippen LogP contribution in [-0.2, 0) is 21.8 Å². The average molecular weight is 567 g/mol. The van der Waals surface area contributed by atoms with Crippen molar-refractivity contribution in [2.45, 2.75) is 18.4 Å². The maximum Gasteiger partial charge on any atom is 0.215 e. The number of ether oxygens (including phenoxy) is 3. The number of rotatable bonds is 8. The second kappa shape index (κ2) is 11.4. The minimum atomic E-state index is -1.08. The lowest BCUT2D eigenvalue weighted by Crippen LogP contribution is -2.46. The molecule has 202 valence electrons. The summed E-state index contributed by atoms with van der Waals surface area (Å²) in [6.07, 6.45) is 10.3. The normalized spacial score (nSPS) is 21.3. The van der Waals surface area contributed by atoms with Crippen LogP contribution in [0.25, 0.3) is 0 Å². The fraction of sp³-hybridized carbons (Fsp3) is 0.321. The van der Waals surface area contributed by atoms with Gasteiger partial charge in [-0.05, 0) is 36.4 Å². The zero-order valence-electron chi connectivity index (χ0n) is 21.2. The smallest absolute Gasteiger partial charge is 0.215 e. The van der Waals surface area contributed by atoms with Gasteiger partial charge in [0.15, 0.2) is 0 Å². The van der Waals surface area contributed by atoms with Gasteiger partial charge in [0, 0.05) is 67.2 Å². The lowest BCUT2D eigenvalue weighted by atomic mass is 10.1. The standard InChI is InChI=1S/C28H28Cl2N6O3/c29-21-1-6-25(26(30)15-21)28(19-34-10-9-32-20-34)38-18-24(39-28)17-37-23-4-2-22(3-5-23)35-11-13-36(14-12-35)27-16-31-7-8-33-27/h1-10,15-16,20,24H,11-14,17-19H2. The van der Waals surface area contributed by atoms with E-state index in [0.29, 0.717) is 35.4 Å². The van der Waals surface area contributed by atoms with Gasteiger partial charge < -0.3 is 28.6 Å². The van der Waals surface area contributed by atoms with Crippen molar-refractivity contribution >= 4 is 34.7 Å². The van der Waals surface area contributed by atoms with E-state index in [-0.39, 0.29) is 6.10 Å². The molecule has 6 rings (SSSR count). The van der Waals surface area contributed by atoms with Crippen molar-refractivity contribution in [1.82, 2.24) is 19.5 Å². The molecule has 0 radical (unpaired) electrons. The second-order valence-corrected chi connectivity index (χ2v) is 10.3. The molecule has 2 aromatic heterocycles. The summed E-state index contributed by atoms with van der Waals surface area (Å²) in [7, 11) is 0. The molecule has 0 saturated carbocycles. The lowest BCUT2D eigenvalue weighted by Gasteiger charge is -2.36. The molecule has 0 aliphatic carbocycles. The van der Waals surface area contributed by atoms with Gasteiger partial charge in [0.25, 0.3) is 0 Å². The zero-order chi connectivity index (χ0) is 26.7. The van der Waals surface area contributed by atoms with Gasteiger partial charge in [0.05, 0.1) is 30.7 Å². The van der Waals surface area contributed by atoms with Crippen LogP contribution in [0.1, 0.15) is 5.56 Å². The summed E-state index contributed by atoms with van der Waals surface area (Å²) in [6.45, 7) is 4.72. The SMILES string of the molecule is Clc1ccc(C2(Cn3ccnc3)OCC(COc3ccc(N4CCN(c5cnccn5)CC4)cc3)O2)c(Cl)c1.